The minimum Gasteiger partial charge on any atom is -0.351 e. The van der Waals surface area contributed by atoms with E-state index in [9.17, 15) is 14.4 Å². The van der Waals surface area contributed by atoms with Crippen LogP contribution in [0.5, 0.6) is 0 Å². The molecule has 0 saturated heterocycles. The van der Waals surface area contributed by atoms with Gasteiger partial charge in [0.1, 0.15) is 5.54 Å². The van der Waals surface area contributed by atoms with Crippen LogP contribution in [0, 0.1) is 0 Å². The first-order valence-corrected chi connectivity index (χ1v) is 13.4. The minimum absolute atomic E-state index is 0.0154. The molecule has 1 heterocycles. The lowest BCUT2D eigenvalue weighted by Gasteiger charge is -2.46. The molecule has 3 amide bonds. The van der Waals surface area contributed by atoms with Gasteiger partial charge in [-0.05, 0) is 49.3 Å². The maximum atomic E-state index is 13.8. The van der Waals surface area contributed by atoms with Gasteiger partial charge in [0.2, 0.25) is 11.8 Å². The van der Waals surface area contributed by atoms with Crippen molar-refractivity contribution in [2.75, 3.05) is 6.54 Å². The van der Waals surface area contributed by atoms with Crippen molar-refractivity contribution in [1.29, 1.82) is 0 Å². The zero-order chi connectivity index (χ0) is 23.8. The molecule has 0 aliphatic heterocycles. The monoisotopic (exact) mass is 481 g/mol. The van der Waals surface area contributed by atoms with Gasteiger partial charge in [-0.25, -0.2) is 0 Å². The number of thiophene rings is 1. The third-order valence-corrected chi connectivity index (χ3v) is 8.05. The minimum atomic E-state index is -0.867. The fraction of sp³-hybridized carbons (Fsp3) is 0.519. The molecule has 6 nitrogen and oxygen atoms in total. The lowest BCUT2D eigenvalue weighted by molar-refractivity contribution is -0.151. The molecule has 7 heteroatoms. The highest BCUT2D eigenvalue weighted by Crippen LogP contribution is 2.36. The predicted molar refractivity (Wildman–Crippen MR) is 134 cm³/mol. The summed E-state index contributed by atoms with van der Waals surface area (Å²) in [5, 5.41) is 8.09. The van der Waals surface area contributed by atoms with Crippen LogP contribution in [0.2, 0.25) is 0 Å². The lowest BCUT2D eigenvalue weighted by atomic mass is 9.78. The van der Waals surface area contributed by atoms with Crippen LogP contribution in [-0.4, -0.2) is 40.7 Å². The van der Waals surface area contributed by atoms with Crippen LogP contribution < -0.4 is 10.6 Å². The van der Waals surface area contributed by atoms with Gasteiger partial charge in [-0.15, -0.1) is 11.3 Å². The molecule has 0 spiro atoms. The molecule has 34 heavy (non-hydrogen) atoms. The normalized spacial score (nSPS) is 18.1. The maximum Gasteiger partial charge on any atom is 0.251 e. The van der Waals surface area contributed by atoms with Crippen LogP contribution in [0.25, 0.3) is 0 Å². The fourth-order valence-corrected chi connectivity index (χ4v) is 6.00. The molecule has 0 unspecified atom stereocenters. The highest BCUT2D eigenvalue weighted by molar-refractivity contribution is 7.09. The topological polar surface area (TPSA) is 78.5 Å². The van der Waals surface area contributed by atoms with Crippen molar-refractivity contribution in [3.05, 3.63) is 58.3 Å². The SMILES string of the molecule is O=C(NCC(=O)N(Cc1cccs1)C1(C(=O)NC2CCCCC2)CCCCC1)c1ccccc1. The van der Waals surface area contributed by atoms with Gasteiger partial charge >= 0.3 is 0 Å². The summed E-state index contributed by atoms with van der Waals surface area (Å²) in [6.45, 7) is 0.257. The molecule has 0 radical (unpaired) electrons. The van der Waals surface area contributed by atoms with Crippen LogP contribution in [0.1, 0.15) is 79.4 Å². The molecular weight excluding hydrogens is 446 g/mol. The molecule has 182 valence electrons. The third kappa shape index (κ3) is 5.87. The van der Waals surface area contributed by atoms with Gasteiger partial charge in [-0.3, -0.25) is 14.4 Å². The number of carbonyl (C=O) groups is 3. The number of amides is 3. The predicted octanol–water partition coefficient (Wildman–Crippen LogP) is 4.66. The van der Waals surface area contributed by atoms with Crippen molar-refractivity contribution in [2.45, 2.75) is 82.3 Å². The largest absolute Gasteiger partial charge is 0.351 e. The summed E-state index contributed by atoms with van der Waals surface area (Å²) in [4.78, 5) is 42.9. The van der Waals surface area contributed by atoms with Crippen LogP contribution >= 0.6 is 11.3 Å². The van der Waals surface area contributed by atoms with Crippen molar-refractivity contribution in [1.82, 2.24) is 15.5 Å². The summed E-state index contributed by atoms with van der Waals surface area (Å²) in [5.41, 5.74) is -0.351. The van der Waals surface area contributed by atoms with Gasteiger partial charge in [0.25, 0.3) is 5.91 Å². The summed E-state index contributed by atoms with van der Waals surface area (Å²) in [7, 11) is 0. The molecule has 1 aromatic heterocycles. The van der Waals surface area contributed by atoms with E-state index in [4.69, 9.17) is 0 Å². The van der Waals surface area contributed by atoms with Gasteiger partial charge in [-0.2, -0.15) is 0 Å². The Morgan fingerprint density at radius 1 is 0.912 bits per heavy atom. The smallest absolute Gasteiger partial charge is 0.251 e. The second kappa shape index (κ2) is 11.6. The molecular formula is C27H35N3O3S. The Morgan fingerprint density at radius 2 is 1.62 bits per heavy atom. The molecule has 2 fully saturated rings. The van der Waals surface area contributed by atoms with Gasteiger partial charge < -0.3 is 15.5 Å². The van der Waals surface area contributed by atoms with Gasteiger partial charge in [0.05, 0.1) is 13.1 Å². The van der Waals surface area contributed by atoms with Crippen LogP contribution in [-0.2, 0) is 16.1 Å². The van der Waals surface area contributed by atoms with E-state index in [1.807, 2.05) is 23.6 Å². The summed E-state index contributed by atoms with van der Waals surface area (Å²) < 4.78 is 0. The molecule has 2 aromatic rings. The van der Waals surface area contributed by atoms with E-state index in [2.05, 4.69) is 10.6 Å². The molecule has 2 saturated carbocycles. The average Bonchev–Trinajstić information content (AvgIpc) is 3.40. The third-order valence-electron chi connectivity index (χ3n) is 7.19. The Kier molecular flexibility index (Phi) is 8.38. The number of carbonyl (C=O) groups excluding carboxylic acids is 3. The average molecular weight is 482 g/mol. The van der Waals surface area contributed by atoms with Crippen molar-refractivity contribution in [3.63, 3.8) is 0 Å². The Balaban J connectivity index is 1.55. The molecule has 2 aliphatic carbocycles. The molecule has 0 atom stereocenters. The number of hydrogen-bond acceptors (Lipinski definition) is 4. The number of nitrogens with zero attached hydrogens (tertiary/aromatic N) is 1. The Hall–Kier alpha value is -2.67. The Bertz CT molecular complexity index is 949. The zero-order valence-corrected chi connectivity index (χ0v) is 20.6. The standard InChI is InChI=1S/C27H35N3O3S/c31-24(19-28-25(32)21-11-4-1-5-12-21)30(20-23-15-10-18-34-23)27(16-8-3-9-17-27)26(33)29-22-13-6-2-7-14-22/h1,4-5,10-12,15,18,22H,2-3,6-9,13-14,16-17,19-20H2,(H,28,32)(H,29,33). The maximum absolute atomic E-state index is 13.8. The second-order valence-corrected chi connectivity index (χ2v) is 10.5. The number of benzene rings is 1. The van der Waals surface area contributed by atoms with E-state index in [0.29, 0.717) is 24.9 Å². The summed E-state index contributed by atoms with van der Waals surface area (Å²) in [6, 6.07) is 13.1. The van der Waals surface area contributed by atoms with Gasteiger partial charge in [0, 0.05) is 16.5 Å². The molecule has 2 aliphatic rings. The van der Waals surface area contributed by atoms with E-state index in [1.54, 1.807) is 40.5 Å². The van der Waals surface area contributed by atoms with Crippen molar-refractivity contribution in [3.8, 4) is 0 Å². The van der Waals surface area contributed by atoms with Gasteiger partial charge in [-0.1, -0.05) is 62.8 Å². The second-order valence-electron chi connectivity index (χ2n) is 9.51. The van der Waals surface area contributed by atoms with Crippen LogP contribution in [0.3, 0.4) is 0 Å². The molecule has 2 N–H and O–H groups in total. The summed E-state index contributed by atoms with van der Waals surface area (Å²) >= 11 is 1.59. The number of nitrogens with one attached hydrogen (secondary N) is 2. The van der Waals surface area contributed by atoms with E-state index < -0.39 is 5.54 Å². The zero-order valence-electron chi connectivity index (χ0n) is 19.8. The quantitative estimate of drug-likeness (QED) is 0.576. The van der Waals surface area contributed by atoms with Crippen molar-refractivity contribution in [2.24, 2.45) is 0 Å². The van der Waals surface area contributed by atoms with E-state index in [1.165, 1.54) is 6.42 Å². The van der Waals surface area contributed by atoms with Crippen molar-refractivity contribution >= 4 is 29.1 Å². The number of hydrogen-bond donors (Lipinski definition) is 2. The fourth-order valence-electron chi connectivity index (χ4n) is 5.30. The number of rotatable bonds is 8. The summed E-state index contributed by atoms with van der Waals surface area (Å²) in [5.74, 6) is -0.508. The van der Waals surface area contributed by atoms with Crippen molar-refractivity contribution < 1.29 is 14.4 Å². The van der Waals surface area contributed by atoms with Crippen LogP contribution in [0.15, 0.2) is 47.8 Å². The summed E-state index contributed by atoms with van der Waals surface area (Å²) in [6.07, 6.45) is 9.76. The highest BCUT2D eigenvalue weighted by Gasteiger charge is 2.47. The van der Waals surface area contributed by atoms with E-state index in [-0.39, 0.29) is 30.3 Å². The molecule has 0 bridgehead atoms. The molecule has 1 aromatic carbocycles. The van der Waals surface area contributed by atoms with E-state index >= 15 is 0 Å². The van der Waals surface area contributed by atoms with Gasteiger partial charge in [0.15, 0.2) is 0 Å². The Labute approximate surface area is 206 Å². The van der Waals surface area contributed by atoms with E-state index in [0.717, 1.165) is 49.8 Å². The first-order valence-electron chi connectivity index (χ1n) is 12.6. The first-order chi connectivity index (χ1) is 16.6. The van der Waals surface area contributed by atoms with Crippen LogP contribution in [0.4, 0.5) is 0 Å². The Morgan fingerprint density at radius 3 is 2.29 bits per heavy atom. The lowest BCUT2D eigenvalue weighted by Crippen LogP contribution is -2.63. The highest BCUT2D eigenvalue weighted by atomic mass is 32.1. The first kappa shape index (κ1) is 24.5. The molecule has 4 rings (SSSR count).